The van der Waals surface area contributed by atoms with Crippen molar-refractivity contribution >= 4 is 40.8 Å². The lowest BCUT2D eigenvalue weighted by Crippen LogP contribution is -2.27. The number of hydrogen-bond acceptors (Lipinski definition) is 9. The highest BCUT2D eigenvalue weighted by Crippen LogP contribution is 2.21. The number of hydrogen-bond donors (Lipinski definition) is 5. The highest BCUT2D eigenvalue weighted by atomic mass is 19.1. The van der Waals surface area contributed by atoms with Gasteiger partial charge in [0.2, 0.25) is 5.96 Å². The van der Waals surface area contributed by atoms with Crippen LogP contribution in [0, 0.1) is 11.7 Å². The summed E-state index contributed by atoms with van der Waals surface area (Å²) in [5.41, 5.74) is 3.33. The van der Waals surface area contributed by atoms with E-state index in [1.54, 1.807) is 60.7 Å². The van der Waals surface area contributed by atoms with Crippen molar-refractivity contribution < 1.29 is 28.6 Å². The molecule has 1 aliphatic heterocycles. The van der Waals surface area contributed by atoms with Gasteiger partial charge in [0, 0.05) is 47.9 Å². The zero-order valence-electron chi connectivity index (χ0n) is 29.6. The van der Waals surface area contributed by atoms with Gasteiger partial charge in [-0.05, 0) is 84.8 Å². The Morgan fingerprint density at radius 2 is 1.42 bits per heavy atom. The second-order valence-electron chi connectivity index (χ2n) is 12.1. The Morgan fingerprint density at radius 3 is 2.13 bits per heavy atom. The first kappa shape index (κ1) is 38.3. The summed E-state index contributed by atoms with van der Waals surface area (Å²) in [4.78, 5) is 39.2. The Bertz CT molecular complexity index is 1870. The van der Waals surface area contributed by atoms with Crippen molar-refractivity contribution in [3.63, 3.8) is 0 Å². The van der Waals surface area contributed by atoms with Gasteiger partial charge in [-0.25, -0.2) is 4.39 Å². The Hall–Kier alpha value is -5.92. The molecule has 12 nitrogen and oxygen atoms in total. The molecule has 0 saturated carbocycles. The number of anilines is 2. The second-order valence-corrected chi connectivity index (χ2v) is 12.1. The number of rotatable bonds is 16. The van der Waals surface area contributed by atoms with Crippen LogP contribution in [0.5, 0.6) is 5.75 Å². The summed E-state index contributed by atoms with van der Waals surface area (Å²) in [5.74, 6) is 1.03. The minimum atomic E-state index is -0.325. The number of carbonyl (C=O) groups is 2. The molecule has 1 heterocycles. The number of carbonyl (C=O) groups excluding carboxylic acids is 2. The van der Waals surface area contributed by atoms with Crippen LogP contribution in [-0.2, 0) is 16.0 Å². The van der Waals surface area contributed by atoms with Crippen molar-refractivity contribution in [2.45, 2.75) is 26.3 Å². The highest BCUT2D eigenvalue weighted by molar-refractivity contribution is 6.14. The smallest absolute Gasteiger partial charge is 0.251 e. The van der Waals surface area contributed by atoms with E-state index in [1.807, 2.05) is 30.3 Å². The van der Waals surface area contributed by atoms with Gasteiger partial charge in [-0.3, -0.25) is 14.6 Å². The fourth-order valence-corrected chi connectivity index (χ4v) is 5.24. The van der Waals surface area contributed by atoms with E-state index >= 15 is 0 Å². The quantitative estimate of drug-likeness (QED) is 0.0698. The number of halogens is 1. The molecule has 53 heavy (non-hydrogen) atoms. The molecule has 1 unspecified atom stereocenters. The summed E-state index contributed by atoms with van der Waals surface area (Å²) < 4.78 is 24.5. The number of aliphatic imine (C=N–C) groups is 3. The molecule has 4 aromatic rings. The van der Waals surface area contributed by atoms with E-state index < -0.39 is 0 Å². The first-order chi connectivity index (χ1) is 25.9. The van der Waals surface area contributed by atoms with Crippen LogP contribution in [0.3, 0.4) is 0 Å². The molecule has 0 bridgehead atoms. The van der Waals surface area contributed by atoms with Gasteiger partial charge in [-0.15, -0.1) is 0 Å². The number of amides is 2. The van der Waals surface area contributed by atoms with Gasteiger partial charge in [0.1, 0.15) is 23.2 Å². The van der Waals surface area contributed by atoms with Gasteiger partial charge in [-0.2, -0.15) is 9.98 Å². The molecule has 0 aromatic heterocycles. The molecule has 5 rings (SSSR count). The molecule has 0 saturated heterocycles. The molecule has 13 heteroatoms. The van der Waals surface area contributed by atoms with Gasteiger partial charge < -0.3 is 35.8 Å². The number of nitrogens with zero attached hydrogens (tertiary/aromatic N) is 3. The number of benzene rings is 4. The monoisotopic (exact) mass is 721 g/mol. The van der Waals surface area contributed by atoms with Gasteiger partial charge in [0.05, 0.1) is 33.0 Å². The number of aromatic hydroxyl groups is 1. The Kier molecular flexibility index (Phi) is 14.6. The van der Waals surface area contributed by atoms with Crippen LogP contribution in [-0.4, -0.2) is 74.1 Å². The highest BCUT2D eigenvalue weighted by Gasteiger charge is 2.22. The summed E-state index contributed by atoms with van der Waals surface area (Å²) >= 11 is 0. The molecular formula is C40H44FN7O5. The Labute approximate surface area is 308 Å². The number of guanidine groups is 1. The SMILES string of the molecule is CCC1CC(=NCCOCCOCCNC(=O)c2ccccc2)N=C(Nc2ccc(O)cc2)N=C1Nc1ccc(C(=O)NCc2ccc(F)cc2)cc1. The van der Waals surface area contributed by atoms with Crippen LogP contribution in [0.25, 0.3) is 0 Å². The van der Waals surface area contributed by atoms with E-state index in [0.717, 1.165) is 17.7 Å². The predicted molar refractivity (Wildman–Crippen MR) is 205 cm³/mol. The maximum absolute atomic E-state index is 13.2. The molecular weight excluding hydrogens is 677 g/mol. The molecule has 0 fully saturated rings. The second kappa shape index (κ2) is 20.2. The summed E-state index contributed by atoms with van der Waals surface area (Å²) in [6.07, 6.45) is 1.29. The van der Waals surface area contributed by atoms with E-state index in [-0.39, 0.29) is 35.8 Å². The van der Waals surface area contributed by atoms with E-state index in [9.17, 15) is 19.1 Å². The molecule has 4 aromatic carbocycles. The zero-order valence-corrected chi connectivity index (χ0v) is 29.6. The van der Waals surface area contributed by atoms with Crippen molar-refractivity contribution in [3.8, 4) is 5.75 Å². The molecule has 1 aliphatic rings. The fraction of sp³-hybridized carbons (Fsp3) is 0.275. The van der Waals surface area contributed by atoms with Crippen LogP contribution in [0.1, 0.15) is 46.0 Å². The first-order valence-electron chi connectivity index (χ1n) is 17.5. The molecule has 2 amide bonds. The standard InChI is InChI=1S/C40H44FN7O5/c1-2-29-26-36(42-20-22-52-24-25-53-23-21-43-38(50)30-6-4-3-5-7-30)47-40(46-34-16-18-35(49)19-17-34)48-37(29)45-33-14-10-31(11-15-33)39(51)44-27-28-8-12-32(41)13-9-28/h3-19,29,49H,2,20-27H2,1H3,(H,43,50)(H,44,51)(H2,42,45,46,47,48). The summed E-state index contributed by atoms with van der Waals surface area (Å²) in [6, 6.07) is 28.7. The van der Waals surface area contributed by atoms with Crippen LogP contribution >= 0.6 is 0 Å². The van der Waals surface area contributed by atoms with Gasteiger partial charge in [-0.1, -0.05) is 37.3 Å². The third-order valence-corrected chi connectivity index (χ3v) is 8.15. The average molecular weight is 722 g/mol. The first-order valence-corrected chi connectivity index (χ1v) is 17.5. The van der Waals surface area contributed by atoms with Gasteiger partial charge in [0.25, 0.3) is 11.8 Å². The molecule has 1 atom stereocenters. The van der Waals surface area contributed by atoms with Crippen molar-refractivity contribution in [3.05, 3.63) is 126 Å². The topological polar surface area (TPSA) is 158 Å². The van der Waals surface area contributed by atoms with Crippen LogP contribution in [0.2, 0.25) is 0 Å². The lowest BCUT2D eigenvalue weighted by Gasteiger charge is -2.18. The van der Waals surface area contributed by atoms with E-state index in [0.29, 0.717) is 80.4 Å². The van der Waals surface area contributed by atoms with Crippen molar-refractivity contribution in [1.29, 1.82) is 0 Å². The number of phenolic OH excluding ortho intramolecular Hbond substituents is 1. The van der Waals surface area contributed by atoms with E-state index in [1.165, 1.54) is 12.1 Å². The zero-order chi connectivity index (χ0) is 37.3. The molecule has 0 radical (unpaired) electrons. The van der Waals surface area contributed by atoms with Crippen molar-refractivity contribution in [1.82, 2.24) is 10.6 Å². The van der Waals surface area contributed by atoms with E-state index in [4.69, 9.17) is 24.5 Å². The Balaban J connectivity index is 1.13. The maximum atomic E-state index is 13.2. The van der Waals surface area contributed by atoms with Crippen LogP contribution in [0.15, 0.2) is 118 Å². The number of ether oxygens (including phenoxy) is 2. The minimum Gasteiger partial charge on any atom is -0.508 e. The summed E-state index contributed by atoms with van der Waals surface area (Å²) in [6.45, 7) is 4.68. The number of phenols is 1. The number of amidine groups is 2. The van der Waals surface area contributed by atoms with Crippen LogP contribution < -0.4 is 21.3 Å². The lowest BCUT2D eigenvalue weighted by atomic mass is 10.00. The molecule has 0 spiro atoms. The average Bonchev–Trinajstić information content (AvgIpc) is 3.34. The van der Waals surface area contributed by atoms with Crippen molar-refractivity contribution in [2.75, 3.05) is 50.2 Å². The Morgan fingerprint density at radius 1 is 0.774 bits per heavy atom. The van der Waals surface area contributed by atoms with E-state index in [2.05, 4.69) is 28.2 Å². The maximum Gasteiger partial charge on any atom is 0.251 e. The van der Waals surface area contributed by atoms with Crippen molar-refractivity contribution in [2.24, 2.45) is 20.9 Å². The predicted octanol–water partition coefficient (Wildman–Crippen LogP) is 6.03. The van der Waals surface area contributed by atoms with Crippen LogP contribution in [0.4, 0.5) is 15.8 Å². The number of nitrogens with one attached hydrogen (secondary N) is 4. The molecule has 276 valence electrons. The fourth-order valence-electron chi connectivity index (χ4n) is 5.24. The van der Waals surface area contributed by atoms with Gasteiger partial charge >= 0.3 is 0 Å². The normalized spacial score (nSPS) is 14.8. The summed E-state index contributed by atoms with van der Waals surface area (Å²) in [7, 11) is 0. The van der Waals surface area contributed by atoms with Gasteiger partial charge in [0.15, 0.2) is 0 Å². The lowest BCUT2D eigenvalue weighted by molar-refractivity contribution is 0.0512. The largest absolute Gasteiger partial charge is 0.508 e. The molecule has 5 N–H and O–H groups in total. The summed E-state index contributed by atoms with van der Waals surface area (Å²) in [5, 5.41) is 22.1. The minimum absolute atomic E-state index is 0.0352. The third kappa shape index (κ3) is 12.7. The molecule has 0 aliphatic carbocycles. The third-order valence-electron chi connectivity index (χ3n) is 8.15.